The second kappa shape index (κ2) is 2.87. The lowest BCUT2D eigenvalue weighted by molar-refractivity contribution is 0.485. The summed E-state index contributed by atoms with van der Waals surface area (Å²) in [6.45, 7) is 3.33. The molecule has 0 bridgehead atoms. The molecule has 0 saturated heterocycles. The Morgan fingerprint density at radius 3 is 2.42 bits per heavy atom. The first-order valence-corrected chi connectivity index (χ1v) is 5.03. The van der Waals surface area contributed by atoms with Gasteiger partial charge in [0.05, 0.1) is 5.69 Å². The molecule has 5 nitrogen and oxygen atoms in total. The molecule has 0 amide bonds. The van der Waals surface area contributed by atoms with Crippen molar-refractivity contribution in [2.45, 2.75) is 19.6 Å². The van der Waals surface area contributed by atoms with Crippen LogP contribution in [0.5, 0.6) is 0 Å². The minimum absolute atomic E-state index is 0.292. The van der Waals surface area contributed by atoms with E-state index in [9.17, 15) is 8.42 Å². The Kier molecular flexibility index (Phi) is 2.20. The number of aryl methyl sites for hydroxylation is 2. The van der Waals surface area contributed by atoms with Crippen LogP contribution in [0.15, 0.2) is 4.42 Å². The lowest BCUT2D eigenvalue weighted by atomic mass is 10.4. The number of nitrogens with zero attached hydrogens (tertiary/aromatic N) is 1. The molecule has 0 atom stereocenters. The molecule has 1 aromatic heterocycles. The molecule has 0 aromatic carbocycles. The topological polar surface area (TPSA) is 86.2 Å². The summed E-state index contributed by atoms with van der Waals surface area (Å²) in [6.07, 6.45) is 0. The largest absolute Gasteiger partial charge is 0.445 e. The molecule has 1 aromatic rings. The van der Waals surface area contributed by atoms with Crippen LogP contribution in [0, 0.1) is 13.8 Å². The van der Waals surface area contributed by atoms with E-state index < -0.39 is 10.0 Å². The highest BCUT2D eigenvalue weighted by molar-refractivity contribution is 7.88. The van der Waals surface area contributed by atoms with Crippen LogP contribution in [0.3, 0.4) is 0 Å². The first-order valence-electron chi connectivity index (χ1n) is 3.32. The monoisotopic (exact) mass is 190 g/mol. The average Bonchev–Trinajstić information content (AvgIpc) is 2.06. The van der Waals surface area contributed by atoms with E-state index in [1.165, 1.54) is 0 Å². The summed E-state index contributed by atoms with van der Waals surface area (Å²) >= 11 is 0. The van der Waals surface area contributed by atoms with Crippen LogP contribution in [-0.2, 0) is 15.8 Å². The van der Waals surface area contributed by atoms with Crippen molar-refractivity contribution in [3.05, 3.63) is 17.3 Å². The van der Waals surface area contributed by atoms with Crippen molar-refractivity contribution in [3.63, 3.8) is 0 Å². The van der Waals surface area contributed by atoms with Gasteiger partial charge >= 0.3 is 0 Å². The zero-order valence-electron chi connectivity index (χ0n) is 6.86. The minimum atomic E-state index is -3.52. The molecule has 6 heteroatoms. The van der Waals surface area contributed by atoms with E-state index in [0.29, 0.717) is 17.3 Å². The number of rotatable bonds is 2. The molecule has 0 fully saturated rings. The molecule has 12 heavy (non-hydrogen) atoms. The second-order valence-corrected chi connectivity index (χ2v) is 4.16. The SMILES string of the molecule is Cc1nc(C)c(CS(N)(=O)=O)o1. The van der Waals surface area contributed by atoms with Gasteiger partial charge in [0.1, 0.15) is 11.5 Å². The van der Waals surface area contributed by atoms with Gasteiger partial charge in [-0.1, -0.05) is 0 Å². The van der Waals surface area contributed by atoms with Gasteiger partial charge in [-0.15, -0.1) is 0 Å². The van der Waals surface area contributed by atoms with Gasteiger partial charge in [0.25, 0.3) is 0 Å². The lowest BCUT2D eigenvalue weighted by Crippen LogP contribution is -2.14. The molecule has 2 N–H and O–H groups in total. The van der Waals surface area contributed by atoms with Gasteiger partial charge in [-0.2, -0.15) is 0 Å². The number of oxazole rings is 1. The normalized spacial score (nSPS) is 11.9. The highest BCUT2D eigenvalue weighted by atomic mass is 32.2. The highest BCUT2D eigenvalue weighted by Gasteiger charge is 2.12. The van der Waals surface area contributed by atoms with Crippen LogP contribution in [0.2, 0.25) is 0 Å². The van der Waals surface area contributed by atoms with Crippen LogP contribution in [-0.4, -0.2) is 13.4 Å². The number of hydrogen-bond donors (Lipinski definition) is 1. The maximum atomic E-state index is 10.7. The van der Waals surface area contributed by atoms with E-state index >= 15 is 0 Å². The summed E-state index contributed by atoms with van der Waals surface area (Å²) in [5.74, 6) is 0.473. The predicted octanol–water partition coefficient (Wildman–Crippen LogP) is 0.0799. The Hall–Kier alpha value is -0.880. The molecule has 1 heterocycles. The second-order valence-electron chi connectivity index (χ2n) is 2.55. The van der Waals surface area contributed by atoms with Gasteiger partial charge in [0, 0.05) is 6.92 Å². The van der Waals surface area contributed by atoms with Crippen LogP contribution < -0.4 is 5.14 Å². The summed E-state index contributed by atoms with van der Waals surface area (Å²) in [6, 6.07) is 0. The molecule has 68 valence electrons. The predicted molar refractivity (Wildman–Crippen MR) is 42.8 cm³/mol. The average molecular weight is 190 g/mol. The van der Waals surface area contributed by atoms with Crippen molar-refractivity contribution in [1.82, 2.24) is 4.98 Å². The van der Waals surface area contributed by atoms with Gasteiger partial charge in [-0.25, -0.2) is 18.5 Å². The van der Waals surface area contributed by atoms with Crippen LogP contribution >= 0.6 is 0 Å². The summed E-state index contributed by atoms with van der Waals surface area (Å²) in [7, 11) is -3.52. The number of sulfonamides is 1. The third-order valence-electron chi connectivity index (χ3n) is 1.33. The smallest absolute Gasteiger partial charge is 0.216 e. The molecule has 0 aliphatic heterocycles. The van der Waals surface area contributed by atoms with Gasteiger partial charge in [0.15, 0.2) is 5.89 Å². The Morgan fingerprint density at radius 2 is 2.08 bits per heavy atom. The minimum Gasteiger partial charge on any atom is -0.445 e. The first-order chi connectivity index (χ1) is 5.38. The van der Waals surface area contributed by atoms with Crippen molar-refractivity contribution in [2.24, 2.45) is 5.14 Å². The maximum absolute atomic E-state index is 10.7. The van der Waals surface area contributed by atoms with E-state index in [4.69, 9.17) is 9.56 Å². The highest BCUT2D eigenvalue weighted by Crippen LogP contribution is 2.11. The molecular weight excluding hydrogens is 180 g/mol. The van der Waals surface area contributed by atoms with E-state index in [1.807, 2.05) is 0 Å². The van der Waals surface area contributed by atoms with Crippen molar-refractivity contribution in [2.75, 3.05) is 0 Å². The van der Waals surface area contributed by atoms with E-state index in [-0.39, 0.29) is 5.75 Å². The van der Waals surface area contributed by atoms with Crippen LogP contribution in [0.1, 0.15) is 17.3 Å². The van der Waals surface area contributed by atoms with Gasteiger partial charge in [0.2, 0.25) is 10.0 Å². The zero-order valence-corrected chi connectivity index (χ0v) is 7.68. The fourth-order valence-corrected chi connectivity index (χ4v) is 1.52. The summed E-state index contributed by atoms with van der Waals surface area (Å²) in [4.78, 5) is 3.91. The molecule has 0 unspecified atom stereocenters. The number of aromatic nitrogens is 1. The Balaban J connectivity index is 2.97. The van der Waals surface area contributed by atoms with Crippen LogP contribution in [0.25, 0.3) is 0 Å². The molecular formula is C6H10N2O3S. The number of hydrogen-bond acceptors (Lipinski definition) is 4. The molecule has 0 aliphatic carbocycles. The zero-order chi connectivity index (χ0) is 9.35. The standard InChI is InChI=1S/C6H10N2O3S/c1-4-6(3-12(7,9)10)11-5(2)8-4/h3H2,1-2H3,(H2,7,9,10). The van der Waals surface area contributed by atoms with Gasteiger partial charge < -0.3 is 4.42 Å². The van der Waals surface area contributed by atoms with E-state index in [1.54, 1.807) is 13.8 Å². The van der Waals surface area contributed by atoms with Crippen molar-refractivity contribution >= 4 is 10.0 Å². The first kappa shape index (κ1) is 9.21. The van der Waals surface area contributed by atoms with E-state index in [2.05, 4.69) is 4.98 Å². The fraction of sp³-hybridized carbons (Fsp3) is 0.500. The Labute approximate surface area is 70.6 Å². The third kappa shape index (κ3) is 2.31. The molecule has 0 spiro atoms. The van der Waals surface area contributed by atoms with E-state index in [0.717, 1.165) is 0 Å². The number of nitrogens with two attached hydrogens (primary N) is 1. The Morgan fingerprint density at radius 1 is 1.50 bits per heavy atom. The maximum Gasteiger partial charge on any atom is 0.216 e. The summed E-state index contributed by atoms with van der Waals surface area (Å²) in [5, 5.41) is 4.83. The van der Waals surface area contributed by atoms with Gasteiger partial charge in [-0.05, 0) is 6.92 Å². The molecule has 0 saturated carbocycles. The Bertz CT molecular complexity index is 379. The molecule has 0 radical (unpaired) electrons. The quantitative estimate of drug-likeness (QED) is 0.715. The summed E-state index contributed by atoms with van der Waals surface area (Å²) < 4.78 is 26.3. The van der Waals surface area contributed by atoms with Crippen molar-refractivity contribution in [3.8, 4) is 0 Å². The lowest BCUT2D eigenvalue weighted by Gasteiger charge is -1.93. The molecule has 0 aliphatic rings. The number of primary sulfonamides is 1. The summed E-state index contributed by atoms with van der Waals surface area (Å²) in [5.41, 5.74) is 0.571. The van der Waals surface area contributed by atoms with Crippen LogP contribution in [0.4, 0.5) is 0 Å². The van der Waals surface area contributed by atoms with Gasteiger partial charge in [-0.3, -0.25) is 0 Å². The fourth-order valence-electron chi connectivity index (χ4n) is 0.890. The third-order valence-corrected chi connectivity index (χ3v) is 2.00. The molecule has 1 rings (SSSR count). The van der Waals surface area contributed by atoms with Crippen molar-refractivity contribution in [1.29, 1.82) is 0 Å². The van der Waals surface area contributed by atoms with Crippen molar-refractivity contribution < 1.29 is 12.8 Å².